The predicted molar refractivity (Wildman–Crippen MR) is 100 cm³/mol. The van der Waals surface area contributed by atoms with Crippen LogP contribution in [0.25, 0.3) is 0 Å². The van der Waals surface area contributed by atoms with Gasteiger partial charge in [-0.2, -0.15) is 0 Å². The third-order valence-corrected chi connectivity index (χ3v) is 5.55. The lowest BCUT2D eigenvalue weighted by Crippen LogP contribution is -2.26. The van der Waals surface area contributed by atoms with E-state index >= 15 is 0 Å². The summed E-state index contributed by atoms with van der Waals surface area (Å²) in [7, 11) is -3.33. The van der Waals surface area contributed by atoms with Crippen LogP contribution in [0.3, 0.4) is 0 Å². The first kappa shape index (κ1) is 21.2. The lowest BCUT2D eigenvalue weighted by atomic mass is 10.0. The summed E-state index contributed by atoms with van der Waals surface area (Å²) in [6.07, 6.45) is 0.338. The highest BCUT2D eigenvalue weighted by Crippen LogP contribution is 2.22. The Bertz CT molecular complexity index is 704. The molecule has 0 atom stereocenters. The largest absolute Gasteiger partial charge is 0.356 e. The molecule has 0 bridgehead atoms. The van der Waals surface area contributed by atoms with Gasteiger partial charge in [-0.05, 0) is 45.2 Å². The molecule has 140 valence electrons. The third kappa shape index (κ3) is 7.69. The van der Waals surface area contributed by atoms with Crippen LogP contribution in [-0.2, 0) is 19.4 Å². The smallest absolute Gasteiger partial charge is 0.224 e. The Hall–Kier alpha value is -1.89. The van der Waals surface area contributed by atoms with Crippen molar-refractivity contribution in [2.24, 2.45) is 0 Å². The second-order valence-electron chi connectivity index (χ2n) is 6.28. The van der Waals surface area contributed by atoms with Crippen LogP contribution >= 0.6 is 0 Å². The van der Waals surface area contributed by atoms with E-state index in [4.69, 9.17) is 0 Å². The molecule has 25 heavy (non-hydrogen) atoms. The molecule has 0 heterocycles. The number of aryl methyl sites for hydroxylation is 3. The molecule has 2 amide bonds. The van der Waals surface area contributed by atoms with Crippen molar-refractivity contribution in [2.75, 3.05) is 23.4 Å². The summed E-state index contributed by atoms with van der Waals surface area (Å²) in [5, 5.41) is 5.43. The van der Waals surface area contributed by atoms with Crippen molar-refractivity contribution in [1.29, 1.82) is 0 Å². The third-order valence-electron chi connectivity index (χ3n) is 3.81. The lowest BCUT2D eigenvalue weighted by Gasteiger charge is -2.13. The van der Waals surface area contributed by atoms with Gasteiger partial charge in [0.2, 0.25) is 11.8 Å². The zero-order chi connectivity index (χ0) is 19.0. The fourth-order valence-electron chi connectivity index (χ4n) is 2.67. The second kappa shape index (κ2) is 9.56. The number of carbonyl (C=O) groups is 2. The summed E-state index contributed by atoms with van der Waals surface area (Å²) < 4.78 is 23.8. The Morgan fingerprint density at radius 2 is 1.56 bits per heavy atom. The van der Waals surface area contributed by atoms with Gasteiger partial charge in [0, 0.05) is 25.1 Å². The fourth-order valence-corrected chi connectivity index (χ4v) is 3.95. The molecule has 0 saturated carbocycles. The SMILES string of the molecule is CCNC(=O)CCS(=O)(=O)CCCC(=O)Nc1c(C)cc(C)cc1C. The van der Waals surface area contributed by atoms with Crippen molar-refractivity contribution in [1.82, 2.24) is 5.32 Å². The minimum atomic E-state index is -3.33. The van der Waals surface area contributed by atoms with E-state index in [1.807, 2.05) is 32.9 Å². The number of anilines is 1. The minimum absolute atomic E-state index is 0.0376. The number of hydrogen-bond acceptors (Lipinski definition) is 4. The van der Waals surface area contributed by atoms with E-state index in [1.54, 1.807) is 6.92 Å². The molecule has 0 radical (unpaired) electrons. The number of carbonyl (C=O) groups excluding carboxylic acids is 2. The summed E-state index contributed by atoms with van der Waals surface area (Å²) >= 11 is 0. The summed E-state index contributed by atoms with van der Waals surface area (Å²) in [5.74, 6) is -0.745. The molecule has 0 aromatic heterocycles. The monoisotopic (exact) mass is 368 g/mol. The molecule has 6 nitrogen and oxygen atoms in total. The van der Waals surface area contributed by atoms with Gasteiger partial charge < -0.3 is 10.6 Å². The van der Waals surface area contributed by atoms with Crippen molar-refractivity contribution < 1.29 is 18.0 Å². The predicted octanol–water partition coefficient (Wildman–Crippen LogP) is 2.27. The van der Waals surface area contributed by atoms with Crippen LogP contribution in [0, 0.1) is 20.8 Å². The fraction of sp³-hybridized carbons (Fsp3) is 0.556. The first-order valence-corrected chi connectivity index (χ1v) is 10.3. The maximum absolute atomic E-state index is 12.1. The maximum Gasteiger partial charge on any atom is 0.224 e. The van der Waals surface area contributed by atoms with E-state index in [1.165, 1.54) is 0 Å². The van der Waals surface area contributed by atoms with E-state index in [2.05, 4.69) is 10.6 Å². The van der Waals surface area contributed by atoms with Gasteiger partial charge in [-0.25, -0.2) is 8.42 Å². The van der Waals surface area contributed by atoms with E-state index in [0.29, 0.717) is 6.54 Å². The number of hydrogen-bond donors (Lipinski definition) is 2. The number of amides is 2. The first-order valence-electron chi connectivity index (χ1n) is 8.49. The van der Waals surface area contributed by atoms with Crippen molar-refractivity contribution in [2.45, 2.75) is 47.0 Å². The Labute approximate surface area is 150 Å². The maximum atomic E-state index is 12.1. The molecule has 1 aromatic rings. The van der Waals surface area contributed by atoms with Crippen LogP contribution in [0.15, 0.2) is 12.1 Å². The van der Waals surface area contributed by atoms with Gasteiger partial charge in [-0.3, -0.25) is 9.59 Å². The van der Waals surface area contributed by atoms with E-state index in [9.17, 15) is 18.0 Å². The van der Waals surface area contributed by atoms with Gasteiger partial charge in [0.15, 0.2) is 9.84 Å². The molecule has 1 aromatic carbocycles. The van der Waals surface area contributed by atoms with E-state index < -0.39 is 9.84 Å². The molecule has 0 fully saturated rings. The number of rotatable bonds is 9. The van der Waals surface area contributed by atoms with Crippen molar-refractivity contribution in [3.8, 4) is 0 Å². The highest BCUT2D eigenvalue weighted by Gasteiger charge is 2.15. The molecule has 0 aliphatic heterocycles. The quantitative estimate of drug-likeness (QED) is 0.699. The lowest BCUT2D eigenvalue weighted by molar-refractivity contribution is -0.120. The second-order valence-corrected chi connectivity index (χ2v) is 8.58. The van der Waals surface area contributed by atoms with Gasteiger partial charge >= 0.3 is 0 Å². The Balaban J connectivity index is 2.46. The molecule has 7 heteroatoms. The van der Waals surface area contributed by atoms with Gasteiger partial charge in [-0.15, -0.1) is 0 Å². The molecular weight excluding hydrogens is 340 g/mol. The van der Waals surface area contributed by atoms with Crippen LogP contribution in [-0.4, -0.2) is 38.3 Å². The zero-order valence-electron chi connectivity index (χ0n) is 15.4. The van der Waals surface area contributed by atoms with Crippen molar-refractivity contribution in [3.05, 3.63) is 28.8 Å². The molecule has 0 saturated heterocycles. The normalized spacial score (nSPS) is 11.2. The minimum Gasteiger partial charge on any atom is -0.356 e. The standard InChI is InChI=1S/C18H28N2O4S/c1-5-19-16(21)8-10-25(23,24)9-6-7-17(22)20-18-14(3)11-13(2)12-15(18)4/h11-12H,5-10H2,1-4H3,(H,19,21)(H,20,22). The average Bonchev–Trinajstić information content (AvgIpc) is 2.49. The number of sulfone groups is 1. The van der Waals surface area contributed by atoms with Crippen LogP contribution in [0.1, 0.15) is 42.9 Å². The Kier molecular flexibility index (Phi) is 8.09. The van der Waals surface area contributed by atoms with Gasteiger partial charge in [0.1, 0.15) is 0 Å². The zero-order valence-corrected chi connectivity index (χ0v) is 16.3. The summed E-state index contributed by atoms with van der Waals surface area (Å²) in [6.45, 7) is 8.12. The summed E-state index contributed by atoms with van der Waals surface area (Å²) in [6, 6.07) is 3.99. The van der Waals surface area contributed by atoms with Gasteiger partial charge in [0.05, 0.1) is 11.5 Å². The summed E-state index contributed by atoms with van der Waals surface area (Å²) in [4.78, 5) is 23.4. The van der Waals surface area contributed by atoms with Gasteiger partial charge in [-0.1, -0.05) is 17.7 Å². The highest BCUT2D eigenvalue weighted by molar-refractivity contribution is 7.91. The van der Waals surface area contributed by atoms with E-state index in [0.717, 1.165) is 22.4 Å². The first-order chi connectivity index (χ1) is 11.6. The van der Waals surface area contributed by atoms with Crippen molar-refractivity contribution >= 4 is 27.3 Å². The Morgan fingerprint density at radius 3 is 2.12 bits per heavy atom. The molecular formula is C18H28N2O4S. The molecule has 0 unspecified atom stereocenters. The van der Waals surface area contributed by atoms with Gasteiger partial charge in [0.25, 0.3) is 0 Å². The van der Waals surface area contributed by atoms with Crippen LogP contribution in [0.5, 0.6) is 0 Å². The molecule has 1 rings (SSSR count). The van der Waals surface area contributed by atoms with Crippen LogP contribution in [0.2, 0.25) is 0 Å². The Morgan fingerprint density at radius 1 is 0.960 bits per heavy atom. The van der Waals surface area contributed by atoms with E-state index in [-0.39, 0.29) is 42.6 Å². The highest BCUT2D eigenvalue weighted by atomic mass is 32.2. The molecule has 0 aliphatic rings. The number of nitrogens with one attached hydrogen (secondary N) is 2. The topological polar surface area (TPSA) is 92.3 Å². The molecule has 2 N–H and O–H groups in total. The summed E-state index contributed by atoms with van der Waals surface area (Å²) in [5.41, 5.74) is 3.89. The molecule has 0 aliphatic carbocycles. The van der Waals surface area contributed by atoms with Crippen LogP contribution in [0.4, 0.5) is 5.69 Å². The average molecular weight is 368 g/mol. The number of benzene rings is 1. The van der Waals surface area contributed by atoms with Crippen LogP contribution < -0.4 is 10.6 Å². The van der Waals surface area contributed by atoms with Crippen molar-refractivity contribution in [3.63, 3.8) is 0 Å². The molecule has 0 spiro atoms.